The molecule has 7 heteroatoms. The van der Waals surface area contributed by atoms with Gasteiger partial charge in [0.05, 0.1) is 6.04 Å². The standard InChI is InChI=1S/C16H22F3N3O/c1-2-13(20)15(23)22-10-8-21(9-11-22)14(16(17,18)19)12-6-4-3-5-7-12/h3-7,13-14H,2,8-11,20H2,1H3/t13-,14-/m0/s1. The van der Waals surface area contributed by atoms with Gasteiger partial charge in [0.25, 0.3) is 0 Å². The molecule has 0 unspecified atom stereocenters. The molecule has 0 bridgehead atoms. The molecule has 2 atom stereocenters. The average Bonchev–Trinajstić information content (AvgIpc) is 2.54. The third-order valence-electron chi connectivity index (χ3n) is 4.17. The SMILES string of the molecule is CC[C@H](N)C(=O)N1CCN([C@@H](c2ccccc2)C(F)(F)F)CC1. The number of hydrogen-bond donors (Lipinski definition) is 1. The van der Waals surface area contributed by atoms with Crippen LogP contribution < -0.4 is 5.73 Å². The summed E-state index contributed by atoms with van der Waals surface area (Å²) < 4.78 is 40.5. The number of alkyl halides is 3. The summed E-state index contributed by atoms with van der Waals surface area (Å²) in [6.07, 6.45) is -3.83. The molecule has 1 aliphatic rings. The topological polar surface area (TPSA) is 49.6 Å². The van der Waals surface area contributed by atoms with Gasteiger partial charge in [0.15, 0.2) is 0 Å². The molecule has 2 N–H and O–H groups in total. The Labute approximate surface area is 134 Å². The highest BCUT2D eigenvalue weighted by Crippen LogP contribution is 2.38. The molecule has 23 heavy (non-hydrogen) atoms. The van der Waals surface area contributed by atoms with Gasteiger partial charge in [-0.1, -0.05) is 37.3 Å². The molecule has 4 nitrogen and oxygen atoms in total. The van der Waals surface area contributed by atoms with E-state index in [0.717, 1.165) is 0 Å². The molecule has 0 aliphatic carbocycles. The Hall–Kier alpha value is -1.60. The summed E-state index contributed by atoms with van der Waals surface area (Å²) in [5.74, 6) is -0.185. The maximum Gasteiger partial charge on any atom is 0.408 e. The quantitative estimate of drug-likeness (QED) is 0.921. The van der Waals surface area contributed by atoms with Crippen molar-refractivity contribution in [1.29, 1.82) is 0 Å². The van der Waals surface area contributed by atoms with Crippen LogP contribution in [0.25, 0.3) is 0 Å². The van der Waals surface area contributed by atoms with Gasteiger partial charge >= 0.3 is 6.18 Å². The molecular formula is C16H22F3N3O. The zero-order valence-corrected chi connectivity index (χ0v) is 13.1. The summed E-state index contributed by atoms with van der Waals surface area (Å²) in [5.41, 5.74) is 5.94. The molecule has 128 valence electrons. The molecule has 1 aliphatic heterocycles. The third kappa shape index (κ3) is 4.23. The predicted molar refractivity (Wildman–Crippen MR) is 81.7 cm³/mol. The van der Waals surface area contributed by atoms with E-state index in [0.29, 0.717) is 6.42 Å². The van der Waals surface area contributed by atoms with Gasteiger partial charge in [-0.25, -0.2) is 0 Å². The minimum absolute atomic E-state index is 0.182. The third-order valence-corrected chi connectivity index (χ3v) is 4.17. The lowest BCUT2D eigenvalue weighted by Gasteiger charge is -2.40. The molecule has 0 aromatic heterocycles. The van der Waals surface area contributed by atoms with Crippen LogP contribution in [0, 0.1) is 0 Å². The second-order valence-corrected chi connectivity index (χ2v) is 5.73. The fourth-order valence-electron chi connectivity index (χ4n) is 2.85. The summed E-state index contributed by atoms with van der Waals surface area (Å²) in [4.78, 5) is 15.0. The number of amides is 1. The normalized spacial score (nSPS) is 19.4. The molecule has 0 spiro atoms. The highest BCUT2D eigenvalue weighted by molar-refractivity contribution is 5.81. The number of hydrogen-bond acceptors (Lipinski definition) is 3. The lowest BCUT2D eigenvalue weighted by atomic mass is 10.0. The van der Waals surface area contributed by atoms with Crippen molar-refractivity contribution in [2.75, 3.05) is 26.2 Å². The lowest BCUT2D eigenvalue weighted by Crippen LogP contribution is -2.55. The number of carbonyl (C=O) groups excluding carboxylic acids is 1. The van der Waals surface area contributed by atoms with Crippen molar-refractivity contribution in [3.8, 4) is 0 Å². The summed E-state index contributed by atoms with van der Waals surface area (Å²) in [7, 11) is 0. The number of benzene rings is 1. The van der Waals surface area contributed by atoms with E-state index in [1.807, 2.05) is 6.92 Å². The van der Waals surface area contributed by atoms with Crippen LogP contribution in [0.4, 0.5) is 13.2 Å². The van der Waals surface area contributed by atoms with Gasteiger partial charge in [0, 0.05) is 26.2 Å². The number of halogens is 3. The smallest absolute Gasteiger partial charge is 0.339 e. The van der Waals surface area contributed by atoms with Crippen LogP contribution in [-0.4, -0.2) is 54.1 Å². The lowest BCUT2D eigenvalue weighted by molar-refractivity contribution is -0.190. The van der Waals surface area contributed by atoms with E-state index >= 15 is 0 Å². The summed E-state index contributed by atoms with van der Waals surface area (Å²) in [6, 6.07) is 5.67. The monoisotopic (exact) mass is 329 g/mol. The Morgan fingerprint density at radius 1 is 1.17 bits per heavy atom. The fourth-order valence-corrected chi connectivity index (χ4v) is 2.85. The molecule has 1 fully saturated rings. The summed E-state index contributed by atoms with van der Waals surface area (Å²) >= 11 is 0. The molecular weight excluding hydrogens is 307 g/mol. The highest BCUT2D eigenvalue weighted by Gasteiger charge is 2.45. The van der Waals surface area contributed by atoms with E-state index in [1.165, 1.54) is 17.0 Å². The molecule has 0 saturated carbocycles. The van der Waals surface area contributed by atoms with Gasteiger partial charge in [-0.05, 0) is 12.0 Å². The first-order chi connectivity index (χ1) is 10.8. The Balaban J connectivity index is 2.08. The predicted octanol–water partition coefficient (Wildman–Crippen LogP) is 2.17. The minimum Gasteiger partial charge on any atom is -0.339 e. The van der Waals surface area contributed by atoms with Crippen LogP contribution in [0.1, 0.15) is 24.9 Å². The number of carbonyl (C=O) groups is 1. The minimum atomic E-state index is -4.35. The Morgan fingerprint density at radius 2 is 1.74 bits per heavy atom. The van der Waals surface area contributed by atoms with Gasteiger partial charge in [0.1, 0.15) is 6.04 Å². The van der Waals surface area contributed by atoms with Crippen molar-refractivity contribution in [2.45, 2.75) is 31.6 Å². The first-order valence-electron chi connectivity index (χ1n) is 7.74. The number of nitrogens with zero attached hydrogens (tertiary/aromatic N) is 2. The van der Waals surface area contributed by atoms with E-state index in [4.69, 9.17) is 5.73 Å². The Kier molecular flexibility index (Phi) is 5.64. The van der Waals surface area contributed by atoms with Gasteiger partial charge in [-0.2, -0.15) is 13.2 Å². The largest absolute Gasteiger partial charge is 0.408 e. The molecule has 0 radical (unpaired) electrons. The van der Waals surface area contributed by atoms with Crippen LogP contribution in [-0.2, 0) is 4.79 Å². The molecule has 2 rings (SSSR count). The maximum absolute atomic E-state index is 13.5. The second-order valence-electron chi connectivity index (χ2n) is 5.73. The molecule has 1 aromatic rings. The molecule has 1 saturated heterocycles. The number of rotatable bonds is 4. The molecule has 1 heterocycles. The Bertz CT molecular complexity index is 513. The first-order valence-corrected chi connectivity index (χ1v) is 7.74. The fraction of sp³-hybridized carbons (Fsp3) is 0.562. The molecule has 1 aromatic carbocycles. The van der Waals surface area contributed by atoms with Crippen molar-refractivity contribution in [2.24, 2.45) is 5.73 Å². The Morgan fingerprint density at radius 3 is 2.22 bits per heavy atom. The van der Waals surface area contributed by atoms with Crippen LogP contribution in [0.15, 0.2) is 30.3 Å². The van der Waals surface area contributed by atoms with Crippen LogP contribution in [0.2, 0.25) is 0 Å². The van der Waals surface area contributed by atoms with Crippen LogP contribution >= 0.6 is 0 Å². The van der Waals surface area contributed by atoms with E-state index in [1.54, 1.807) is 23.1 Å². The summed E-state index contributed by atoms with van der Waals surface area (Å²) in [6.45, 7) is 2.72. The van der Waals surface area contributed by atoms with Crippen LogP contribution in [0.3, 0.4) is 0 Å². The highest BCUT2D eigenvalue weighted by atomic mass is 19.4. The average molecular weight is 329 g/mol. The first kappa shape index (κ1) is 17.7. The summed E-state index contributed by atoms with van der Waals surface area (Å²) in [5, 5.41) is 0. The van der Waals surface area contributed by atoms with Crippen molar-refractivity contribution < 1.29 is 18.0 Å². The van der Waals surface area contributed by atoms with Gasteiger partial charge in [-0.3, -0.25) is 9.69 Å². The zero-order valence-electron chi connectivity index (χ0n) is 13.1. The second kappa shape index (κ2) is 7.31. The van der Waals surface area contributed by atoms with Crippen molar-refractivity contribution in [3.63, 3.8) is 0 Å². The van der Waals surface area contributed by atoms with E-state index in [-0.39, 0.29) is 37.6 Å². The van der Waals surface area contributed by atoms with E-state index in [9.17, 15) is 18.0 Å². The van der Waals surface area contributed by atoms with E-state index in [2.05, 4.69) is 0 Å². The van der Waals surface area contributed by atoms with Gasteiger partial charge < -0.3 is 10.6 Å². The van der Waals surface area contributed by atoms with Gasteiger partial charge in [-0.15, -0.1) is 0 Å². The van der Waals surface area contributed by atoms with Crippen molar-refractivity contribution in [3.05, 3.63) is 35.9 Å². The van der Waals surface area contributed by atoms with E-state index < -0.39 is 18.3 Å². The number of nitrogens with two attached hydrogens (primary N) is 1. The van der Waals surface area contributed by atoms with Crippen LogP contribution in [0.5, 0.6) is 0 Å². The van der Waals surface area contributed by atoms with Crippen molar-refractivity contribution >= 4 is 5.91 Å². The van der Waals surface area contributed by atoms with Crippen molar-refractivity contribution in [1.82, 2.24) is 9.80 Å². The number of piperazine rings is 1. The molecule has 1 amide bonds. The van der Waals surface area contributed by atoms with Gasteiger partial charge in [0.2, 0.25) is 5.91 Å². The zero-order chi connectivity index (χ0) is 17.0. The maximum atomic E-state index is 13.5.